The zero-order valence-electron chi connectivity index (χ0n) is 16.0. The number of pyridine rings is 1. The Hall–Kier alpha value is -2.78. The third kappa shape index (κ3) is 5.85. The minimum atomic E-state index is -0.188. The van der Waals surface area contributed by atoms with Gasteiger partial charge in [-0.3, -0.25) is 4.79 Å². The summed E-state index contributed by atoms with van der Waals surface area (Å²) in [5.74, 6) is 2.60. The predicted octanol–water partition coefficient (Wildman–Crippen LogP) is 3.66. The summed E-state index contributed by atoms with van der Waals surface area (Å²) in [6.07, 6.45) is 1.48. The Morgan fingerprint density at radius 2 is 1.93 bits per heavy atom. The van der Waals surface area contributed by atoms with Gasteiger partial charge in [-0.15, -0.1) is 10.2 Å². The van der Waals surface area contributed by atoms with Gasteiger partial charge in [-0.1, -0.05) is 23.4 Å². The number of methoxy groups -OCH3 is 1. The van der Waals surface area contributed by atoms with Crippen molar-refractivity contribution in [2.45, 2.75) is 25.2 Å². The molecule has 3 aromatic rings. The summed E-state index contributed by atoms with van der Waals surface area (Å²) in [7, 11) is 1.62. The molecule has 1 amide bonds. The van der Waals surface area contributed by atoms with E-state index in [0.29, 0.717) is 34.1 Å². The molecule has 0 aliphatic heterocycles. The Kier molecular flexibility index (Phi) is 7.31. The zero-order chi connectivity index (χ0) is 20.6. The highest BCUT2D eigenvalue weighted by molar-refractivity contribution is 7.99. The van der Waals surface area contributed by atoms with Gasteiger partial charge in [-0.2, -0.15) is 0 Å². The second-order valence-corrected chi connectivity index (χ2v) is 7.18. The van der Waals surface area contributed by atoms with Gasteiger partial charge in [0.15, 0.2) is 11.0 Å². The van der Waals surface area contributed by atoms with E-state index < -0.39 is 0 Å². The highest BCUT2D eigenvalue weighted by atomic mass is 35.5. The Morgan fingerprint density at radius 3 is 2.59 bits per heavy atom. The van der Waals surface area contributed by atoms with E-state index >= 15 is 0 Å². The van der Waals surface area contributed by atoms with Crippen molar-refractivity contribution >= 4 is 35.1 Å². The second-order valence-electron chi connectivity index (χ2n) is 5.81. The maximum absolute atomic E-state index is 12.1. The highest BCUT2D eigenvalue weighted by Gasteiger charge is 2.14. The minimum absolute atomic E-state index is 0.182. The molecule has 0 bridgehead atoms. The number of hydrogen-bond donors (Lipinski definition) is 1. The summed E-state index contributed by atoms with van der Waals surface area (Å²) in [5.41, 5.74) is 0. The van der Waals surface area contributed by atoms with Gasteiger partial charge in [-0.25, -0.2) is 4.98 Å². The largest absolute Gasteiger partial charge is 0.497 e. The number of nitrogens with zero attached hydrogens (tertiary/aromatic N) is 4. The number of thioether (sulfide) groups is 1. The number of halogens is 1. The molecule has 2 aromatic heterocycles. The number of nitrogens with one attached hydrogen (secondary N) is 1. The fraction of sp³-hybridized carbons (Fsp3) is 0.263. The number of benzene rings is 1. The third-order valence-electron chi connectivity index (χ3n) is 3.86. The van der Waals surface area contributed by atoms with Gasteiger partial charge in [0.1, 0.15) is 23.9 Å². The monoisotopic (exact) mass is 433 g/mol. The van der Waals surface area contributed by atoms with Crippen LogP contribution >= 0.6 is 23.4 Å². The number of hydrogen-bond acceptors (Lipinski definition) is 7. The standard InChI is InChI=1S/C19H20ClN5O3S/c1-3-25-17(11-28-15-7-5-14(27-2)6-8-15)23-24-19(25)29-12-18(26)22-16-9-4-13(20)10-21-16/h4-10H,3,11-12H2,1-2H3,(H,21,22,26). The molecular weight excluding hydrogens is 414 g/mol. The maximum Gasteiger partial charge on any atom is 0.236 e. The van der Waals surface area contributed by atoms with E-state index in [4.69, 9.17) is 21.1 Å². The third-order valence-corrected chi connectivity index (χ3v) is 5.05. The maximum atomic E-state index is 12.1. The molecule has 152 valence electrons. The van der Waals surface area contributed by atoms with Crippen molar-refractivity contribution in [2.75, 3.05) is 18.2 Å². The van der Waals surface area contributed by atoms with Crippen molar-refractivity contribution in [3.8, 4) is 11.5 Å². The number of anilines is 1. The van der Waals surface area contributed by atoms with Crippen molar-refractivity contribution in [1.82, 2.24) is 19.7 Å². The average Bonchev–Trinajstić information content (AvgIpc) is 3.14. The molecule has 0 unspecified atom stereocenters. The summed E-state index contributed by atoms with van der Waals surface area (Å²) >= 11 is 7.09. The summed E-state index contributed by atoms with van der Waals surface area (Å²) < 4.78 is 12.8. The van der Waals surface area contributed by atoms with Crippen LogP contribution in [-0.4, -0.2) is 38.5 Å². The van der Waals surface area contributed by atoms with E-state index in [9.17, 15) is 4.79 Å². The second kappa shape index (κ2) is 10.1. The average molecular weight is 434 g/mol. The van der Waals surface area contributed by atoms with Crippen LogP contribution in [0.15, 0.2) is 47.8 Å². The van der Waals surface area contributed by atoms with Gasteiger partial charge >= 0.3 is 0 Å². The molecular formula is C19H20ClN5O3S. The smallest absolute Gasteiger partial charge is 0.236 e. The van der Waals surface area contributed by atoms with E-state index in [2.05, 4.69) is 20.5 Å². The van der Waals surface area contributed by atoms with Gasteiger partial charge in [-0.05, 0) is 43.3 Å². The normalized spacial score (nSPS) is 10.6. The van der Waals surface area contributed by atoms with Crippen LogP contribution in [0, 0.1) is 0 Å². The predicted molar refractivity (Wildman–Crippen MR) is 112 cm³/mol. The van der Waals surface area contributed by atoms with Crippen molar-refractivity contribution in [2.24, 2.45) is 0 Å². The summed E-state index contributed by atoms with van der Waals surface area (Å²) in [4.78, 5) is 16.2. The lowest BCUT2D eigenvalue weighted by Gasteiger charge is -2.09. The van der Waals surface area contributed by atoms with E-state index in [1.54, 1.807) is 19.2 Å². The van der Waals surface area contributed by atoms with Crippen LogP contribution in [0.25, 0.3) is 0 Å². The lowest BCUT2D eigenvalue weighted by atomic mass is 10.3. The first-order valence-corrected chi connectivity index (χ1v) is 10.2. The van der Waals surface area contributed by atoms with E-state index in [1.165, 1.54) is 18.0 Å². The molecule has 0 saturated heterocycles. The molecule has 1 aromatic carbocycles. The van der Waals surface area contributed by atoms with E-state index in [1.807, 2.05) is 35.8 Å². The Balaban J connectivity index is 1.55. The fourth-order valence-corrected chi connectivity index (χ4v) is 3.36. The molecule has 0 spiro atoms. The topological polar surface area (TPSA) is 91.2 Å². The van der Waals surface area contributed by atoms with Crippen molar-refractivity contribution in [3.63, 3.8) is 0 Å². The molecule has 8 nitrogen and oxygen atoms in total. The molecule has 3 rings (SSSR count). The quantitative estimate of drug-likeness (QED) is 0.515. The summed E-state index contributed by atoms with van der Waals surface area (Å²) in [6.45, 7) is 2.92. The lowest BCUT2D eigenvalue weighted by Crippen LogP contribution is -2.15. The van der Waals surface area contributed by atoms with Crippen LogP contribution in [0.2, 0.25) is 5.02 Å². The molecule has 0 radical (unpaired) electrons. The number of rotatable bonds is 9. The SMILES string of the molecule is CCn1c(COc2ccc(OC)cc2)nnc1SCC(=O)Nc1ccc(Cl)cn1. The van der Waals surface area contributed by atoms with Crippen molar-refractivity contribution in [3.05, 3.63) is 53.4 Å². The molecule has 10 heteroatoms. The van der Waals surface area contributed by atoms with Crippen LogP contribution in [0.5, 0.6) is 11.5 Å². The minimum Gasteiger partial charge on any atom is -0.497 e. The Labute approximate surface area is 177 Å². The van der Waals surface area contributed by atoms with Gasteiger partial charge in [0.05, 0.1) is 17.9 Å². The van der Waals surface area contributed by atoms with Crippen molar-refractivity contribution < 1.29 is 14.3 Å². The Morgan fingerprint density at radius 1 is 1.17 bits per heavy atom. The number of carbonyl (C=O) groups excluding carboxylic acids is 1. The van der Waals surface area contributed by atoms with Gasteiger partial charge in [0.25, 0.3) is 0 Å². The van der Waals surface area contributed by atoms with Crippen LogP contribution in [0.1, 0.15) is 12.7 Å². The molecule has 0 aliphatic carbocycles. The number of carbonyl (C=O) groups is 1. The molecule has 0 aliphatic rings. The fourth-order valence-electron chi connectivity index (χ4n) is 2.43. The molecule has 0 atom stereocenters. The number of amides is 1. The molecule has 2 heterocycles. The first-order chi connectivity index (χ1) is 14.1. The Bertz CT molecular complexity index is 947. The lowest BCUT2D eigenvalue weighted by molar-refractivity contribution is -0.113. The zero-order valence-corrected chi connectivity index (χ0v) is 17.5. The molecule has 29 heavy (non-hydrogen) atoms. The molecule has 0 saturated carbocycles. The molecule has 1 N–H and O–H groups in total. The van der Waals surface area contributed by atoms with Crippen molar-refractivity contribution in [1.29, 1.82) is 0 Å². The van der Waals surface area contributed by atoms with Crippen LogP contribution < -0.4 is 14.8 Å². The van der Waals surface area contributed by atoms with E-state index in [-0.39, 0.29) is 18.3 Å². The van der Waals surface area contributed by atoms with E-state index in [0.717, 1.165) is 5.75 Å². The van der Waals surface area contributed by atoms with Crippen LogP contribution in [0.3, 0.4) is 0 Å². The number of ether oxygens (including phenoxy) is 2. The van der Waals surface area contributed by atoms with Gasteiger partial charge in [0.2, 0.25) is 5.91 Å². The summed E-state index contributed by atoms with van der Waals surface area (Å²) in [6, 6.07) is 10.6. The van der Waals surface area contributed by atoms with Crippen LogP contribution in [-0.2, 0) is 17.9 Å². The van der Waals surface area contributed by atoms with Gasteiger partial charge in [0, 0.05) is 12.7 Å². The molecule has 0 fully saturated rings. The number of aromatic nitrogens is 4. The highest BCUT2D eigenvalue weighted by Crippen LogP contribution is 2.21. The van der Waals surface area contributed by atoms with Crippen LogP contribution in [0.4, 0.5) is 5.82 Å². The summed E-state index contributed by atoms with van der Waals surface area (Å²) in [5, 5.41) is 12.3. The first-order valence-electron chi connectivity index (χ1n) is 8.82. The first kappa shape index (κ1) is 20.9. The van der Waals surface area contributed by atoms with Gasteiger partial charge < -0.3 is 19.4 Å².